The third kappa shape index (κ3) is 4.19. The van der Waals surface area contributed by atoms with E-state index in [0.29, 0.717) is 0 Å². The van der Waals surface area contributed by atoms with Crippen molar-refractivity contribution in [3.63, 3.8) is 0 Å². The number of amides is 1. The van der Waals surface area contributed by atoms with Gasteiger partial charge in [-0.2, -0.15) is 0 Å². The summed E-state index contributed by atoms with van der Waals surface area (Å²) in [5.74, 6) is 0.275. The molecule has 0 heterocycles. The van der Waals surface area contributed by atoms with Crippen molar-refractivity contribution in [2.24, 2.45) is 0 Å². The van der Waals surface area contributed by atoms with E-state index in [9.17, 15) is 4.79 Å². The zero-order chi connectivity index (χ0) is 14.9. The molecule has 2 nitrogen and oxygen atoms in total. The van der Waals surface area contributed by atoms with Crippen LogP contribution in [0.1, 0.15) is 42.9 Å². The molecule has 1 saturated carbocycles. The second kappa shape index (κ2) is 8.90. The number of hydrogen-bond donors (Lipinski definition) is 1. The van der Waals surface area contributed by atoms with Crippen LogP contribution in [0.5, 0.6) is 0 Å². The third-order valence-corrected chi connectivity index (χ3v) is 8.33. The molecule has 1 unspecified atom stereocenters. The smallest absolute Gasteiger partial charge is 0.267 e. The Hall–Kier alpha value is 0.224. The van der Waals surface area contributed by atoms with Crippen molar-refractivity contribution in [2.45, 2.75) is 52.1 Å². The van der Waals surface area contributed by atoms with Gasteiger partial charge in [0, 0.05) is 53.0 Å². The van der Waals surface area contributed by atoms with Crippen molar-refractivity contribution >= 4 is 19.5 Å². The zero-order valence-corrected chi connectivity index (χ0v) is 18.8. The van der Waals surface area contributed by atoms with Gasteiger partial charge in [-0.15, -0.1) is 0 Å². The molecule has 22 heavy (non-hydrogen) atoms. The maximum Gasteiger partial charge on any atom is 0.267 e. The summed E-state index contributed by atoms with van der Waals surface area (Å²) in [5, 5.41) is 3.23. The van der Waals surface area contributed by atoms with Crippen molar-refractivity contribution < 1.29 is 37.5 Å². The Morgan fingerprint density at radius 2 is 1.73 bits per heavy atom. The molecule has 0 saturated heterocycles. The predicted octanol–water partition coefficient (Wildman–Crippen LogP) is 4.78. The summed E-state index contributed by atoms with van der Waals surface area (Å²) in [5.41, 5.74) is 4.63. The summed E-state index contributed by atoms with van der Waals surface area (Å²) < 4.78 is 0. The molecule has 121 valence electrons. The molecule has 1 aromatic carbocycles. The van der Waals surface area contributed by atoms with Crippen LogP contribution in [-0.4, -0.2) is 23.9 Å². The maximum absolute atomic E-state index is 12.8. The van der Waals surface area contributed by atoms with Crippen LogP contribution < -0.4 is 5.32 Å². The summed E-state index contributed by atoms with van der Waals surface area (Å²) in [4.78, 5) is 12.8. The fourth-order valence-corrected chi connectivity index (χ4v) is 5.66. The van der Waals surface area contributed by atoms with Crippen molar-refractivity contribution in [1.29, 1.82) is 0 Å². The second-order valence-corrected chi connectivity index (χ2v) is 9.52. The summed E-state index contributed by atoms with van der Waals surface area (Å²) in [6.07, 6.45) is 4.55. The molecule has 0 spiro atoms. The Morgan fingerprint density at radius 3 is 2.09 bits per heavy atom. The fraction of sp³-hybridized carbons (Fsp3) is 0.556. The van der Waals surface area contributed by atoms with E-state index in [4.69, 9.17) is 0 Å². The monoisotopic (exact) mass is 396 g/mol. The van der Waals surface area contributed by atoms with Gasteiger partial charge in [0.1, 0.15) is 0 Å². The van der Waals surface area contributed by atoms with E-state index < -0.39 is 7.92 Å². The van der Waals surface area contributed by atoms with Crippen LogP contribution in [0.3, 0.4) is 0 Å². The normalized spacial score (nSPS) is 16.6. The summed E-state index contributed by atoms with van der Waals surface area (Å²) in [6.45, 7) is 10.8. The van der Waals surface area contributed by atoms with E-state index in [2.05, 4.69) is 51.8 Å². The average Bonchev–Trinajstić information content (AvgIpc) is 2.32. The van der Waals surface area contributed by atoms with Gasteiger partial charge in [-0.05, 0) is 58.1 Å². The quantitative estimate of drug-likeness (QED) is 0.576. The van der Waals surface area contributed by atoms with Crippen LogP contribution in [-0.2, 0) is 37.5 Å². The van der Waals surface area contributed by atoms with Gasteiger partial charge in [0.15, 0.2) is 5.16 Å². The number of aryl methyl sites for hydroxylation is 3. The average molecular weight is 396 g/mol. The Labute approximate surface area is 162 Å². The molecule has 1 amide bonds. The summed E-state index contributed by atoms with van der Waals surface area (Å²) >= 11 is 0. The molecular weight excluding hydrogens is 366 g/mol. The molecule has 1 aromatic rings. The molecule has 2 rings (SSSR count). The largest absolute Gasteiger partial charge is 0.358 e. The second-order valence-electron chi connectivity index (χ2n) is 6.30. The summed E-state index contributed by atoms with van der Waals surface area (Å²) in [7, 11) is -0.594. The number of benzene rings is 1. The van der Waals surface area contributed by atoms with Gasteiger partial charge in [0.05, 0.1) is 6.16 Å². The topological polar surface area (TPSA) is 29.1 Å². The molecule has 1 N–H and O–H groups in total. The molecular formula is C18H30NOPY. The Balaban J connectivity index is 0.00000220. The number of carbonyl (C=O) groups excluding carboxylic acids is 1. The zero-order valence-electron chi connectivity index (χ0n) is 15.0. The molecule has 1 fully saturated rings. The Bertz CT molecular complexity index is 503. The molecule has 0 aromatic heterocycles. The number of carbonyl (C=O) groups is 1. The fourth-order valence-electron chi connectivity index (χ4n) is 3.33. The molecule has 0 bridgehead atoms. The van der Waals surface area contributed by atoms with E-state index in [1.807, 2.05) is 0 Å². The van der Waals surface area contributed by atoms with Gasteiger partial charge in [0.25, 0.3) is 5.91 Å². The van der Waals surface area contributed by atoms with Gasteiger partial charge in [-0.1, -0.05) is 17.7 Å². The van der Waals surface area contributed by atoms with Crippen molar-refractivity contribution in [2.75, 3.05) is 18.1 Å². The van der Waals surface area contributed by atoms with Crippen LogP contribution in [0.2, 0.25) is 0 Å². The SMILES string of the molecule is CC[PH+](C)C1(C(=O)Nc2c(C)cc(C)cc2C)CCC1.[CH3-].[Y]. The van der Waals surface area contributed by atoms with Crippen LogP contribution in [0, 0.1) is 28.2 Å². The molecule has 1 atom stereocenters. The Kier molecular flexibility index (Phi) is 8.99. The number of anilines is 1. The van der Waals surface area contributed by atoms with E-state index in [1.54, 1.807) is 0 Å². The third-order valence-electron chi connectivity index (χ3n) is 4.90. The van der Waals surface area contributed by atoms with Crippen LogP contribution in [0.15, 0.2) is 12.1 Å². The van der Waals surface area contributed by atoms with Crippen LogP contribution in [0.25, 0.3) is 0 Å². The van der Waals surface area contributed by atoms with Gasteiger partial charge in [0.2, 0.25) is 0 Å². The minimum Gasteiger partial charge on any atom is -0.358 e. The standard InChI is InChI=1S/C17H26NOP.CH3.Y/c1-6-20(5)17(8-7-9-17)16(19)18-15-13(3)10-12(2)11-14(15)4;;/h10-11H,6-9H2,1-5H3,(H,18,19);1H3;/q;-1;/p+1. The number of rotatable bonds is 4. The predicted molar refractivity (Wildman–Crippen MR) is 97.1 cm³/mol. The van der Waals surface area contributed by atoms with Gasteiger partial charge in [-0.3, -0.25) is 4.79 Å². The minimum absolute atomic E-state index is 0. The van der Waals surface area contributed by atoms with E-state index in [0.717, 1.165) is 18.5 Å². The molecule has 4 heteroatoms. The number of nitrogens with one attached hydrogen (secondary N) is 1. The van der Waals surface area contributed by atoms with Gasteiger partial charge in [-0.25, -0.2) is 0 Å². The van der Waals surface area contributed by atoms with Crippen molar-refractivity contribution in [3.8, 4) is 0 Å². The first-order valence-electron chi connectivity index (χ1n) is 7.63. The minimum atomic E-state index is -0.594. The number of hydrogen-bond acceptors (Lipinski definition) is 1. The van der Waals surface area contributed by atoms with E-state index in [-0.39, 0.29) is 51.2 Å². The van der Waals surface area contributed by atoms with Crippen LogP contribution >= 0.6 is 7.92 Å². The maximum atomic E-state index is 12.8. The van der Waals surface area contributed by atoms with Crippen LogP contribution in [0.4, 0.5) is 5.69 Å². The molecule has 1 radical (unpaired) electrons. The van der Waals surface area contributed by atoms with Gasteiger partial charge < -0.3 is 12.7 Å². The first-order chi connectivity index (χ1) is 9.40. The summed E-state index contributed by atoms with van der Waals surface area (Å²) in [6, 6.07) is 4.29. The van der Waals surface area contributed by atoms with Crippen molar-refractivity contribution in [1.82, 2.24) is 0 Å². The molecule has 1 aliphatic rings. The first kappa shape index (κ1) is 22.2. The van der Waals surface area contributed by atoms with Crippen molar-refractivity contribution in [3.05, 3.63) is 36.2 Å². The van der Waals surface area contributed by atoms with E-state index in [1.165, 1.54) is 29.3 Å². The molecule has 1 aliphatic carbocycles. The first-order valence-corrected chi connectivity index (χ1v) is 9.83. The molecule has 0 aliphatic heterocycles. The van der Waals surface area contributed by atoms with E-state index >= 15 is 0 Å². The van der Waals surface area contributed by atoms with Gasteiger partial charge >= 0.3 is 0 Å². The Morgan fingerprint density at radius 1 is 1.23 bits per heavy atom.